The minimum Gasteiger partial charge on any atom is -0.331 e. The SMILES string of the molecule is C=CCN(CC=C)C(=O)c1ccc2c(c1)C(=O)N(CCc1ccccc1)C2=O. The molecule has 142 valence electrons. The number of hydrogen-bond acceptors (Lipinski definition) is 3. The van der Waals surface area contributed by atoms with Gasteiger partial charge in [0.25, 0.3) is 17.7 Å². The van der Waals surface area contributed by atoms with E-state index >= 15 is 0 Å². The maximum atomic E-state index is 12.8. The van der Waals surface area contributed by atoms with Gasteiger partial charge in [0.1, 0.15) is 0 Å². The molecule has 0 spiro atoms. The summed E-state index contributed by atoms with van der Waals surface area (Å²) in [7, 11) is 0. The van der Waals surface area contributed by atoms with Gasteiger partial charge in [-0.25, -0.2) is 0 Å². The van der Waals surface area contributed by atoms with E-state index in [1.54, 1.807) is 29.2 Å². The van der Waals surface area contributed by atoms with Gasteiger partial charge in [0, 0.05) is 25.2 Å². The van der Waals surface area contributed by atoms with Crippen LogP contribution in [-0.2, 0) is 6.42 Å². The molecule has 0 unspecified atom stereocenters. The first-order valence-corrected chi connectivity index (χ1v) is 9.12. The van der Waals surface area contributed by atoms with Crippen molar-refractivity contribution >= 4 is 17.7 Å². The average Bonchev–Trinajstić information content (AvgIpc) is 2.96. The third-order valence-electron chi connectivity index (χ3n) is 4.67. The van der Waals surface area contributed by atoms with Crippen molar-refractivity contribution in [2.24, 2.45) is 0 Å². The summed E-state index contributed by atoms with van der Waals surface area (Å²) in [5.74, 6) is -0.904. The number of amides is 3. The molecular formula is C23H22N2O3. The van der Waals surface area contributed by atoms with Crippen molar-refractivity contribution < 1.29 is 14.4 Å². The van der Waals surface area contributed by atoms with Crippen molar-refractivity contribution in [1.29, 1.82) is 0 Å². The quantitative estimate of drug-likeness (QED) is 0.526. The molecule has 0 N–H and O–H groups in total. The zero-order chi connectivity index (χ0) is 20.1. The van der Waals surface area contributed by atoms with E-state index in [1.807, 2.05) is 30.3 Å². The second-order valence-electron chi connectivity index (χ2n) is 6.55. The second kappa shape index (κ2) is 8.48. The van der Waals surface area contributed by atoms with E-state index in [9.17, 15) is 14.4 Å². The molecule has 3 amide bonds. The molecule has 1 aliphatic rings. The largest absolute Gasteiger partial charge is 0.331 e. The van der Waals surface area contributed by atoms with Gasteiger partial charge in [-0.15, -0.1) is 13.2 Å². The summed E-state index contributed by atoms with van der Waals surface area (Å²) in [6, 6.07) is 14.4. The van der Waals surface area contributed by atoms with E-state index in [0.717, 1.165) is 5.56 Å². The molecule has 28 heavy (non-hydrogen) atoms. The monoisotopic (exact) mass is 374 g/mol. The maximum Gasteiger partial charge on any atom is 0.261 e. The van der Waals surface area contributed by atoms with E-state index < -0.39 is 0 Å². The second-order valence-corrected chi connectivity index (χ2v) is 6.55. The van der Waals surface area contributed by atoms with Crippen LogP contribution in [0, 0.1) is 0 Å². The summed E-state index contributed by atoms with van der Waals surface area (Å²) in [4.78, 5) is 40.9. The molecule has 0 saturated heterocycles. The van der Waals surface area contributed by atoms with Crippen LogP contribution in [0.1, 0.15) is 36.6 Å². The Morgan fingerprint density at radius 2 is 1.57 bits per heavy atom. The highest BCUT2D eigenvalue weighted by Gasteiger charge is 2.35. The van der Waals surface area contributed by atoms with Crippen LogP contribution in [0.2, 0.25) is 0 Å². The first kappa shape index (κ1) is 19.3. The summed E-state index contributed by atoms with van der Waals surface area (Å²) < 4.78 is 0. The van der Waals surface area contributed by atoms with Crippen molar-refractivity contribution in [3.8, 4) is 0 Å². The van der Waals surface area contributed by atoms with Crippen LogP contribution in [0.3, 0.4) is 0 Å². The molecule has 0 fully saturated rings. The molecule has 2 aromatic rings. The molecule has 0 aromatic heterocycles. The zero-order valence-electron chi connectivity index (χ0n) is 15.6. The third kappa shape index (κ3) is 3.78. The number of imide groups is 1. The summed E-state index contributed by atoms with van der Waals surface area (Å²) in [5, 5.41) is 0. The number of carbonyl (C=O) groups is 3. The number of carbonyl (C=O) groups excluding carboxylic acids is 3. The summed E-state index contributed by atoms with van der Waals surface area (Å²) in [6.45, 7) is 8.37. The van der Waals surface area contributed by atoms with Gasteiger partial charge in [0.05, 0.1) is 11.1 Å². The van der Waals surface area contributed by atoms with Crippen LogP contribution in [-0.4, -0.2) is 47.2 Å². The summed E-state index contributed by atoms with van der Waals surface area (Å²) in [5.41, 5.74) is 2.04. The highest BCUT2D eigenvalue weighted by molar-refractivity contribution is 6.22. The van der Waals surface area contributed by atoms with E-state index in [0.29, 0.717) is 37.2 Å². The number of rotatable bonds is 8. The Balaban J connectivity index is 1.80. The first-order chi connectivity index (χ1) is 13.6. The van der Waals surface area contributed by atoms with Gasteiger partial charge in [-0.3, -0.25) is 19.3 Å². The van der Waals surface area contributed by atoms with E-state index in [4.69, 9.17) is 0 Å². The van der Waals surface area contributed by atoms with E-state index in [2.05, 4.69) is 13.2 Å². The fraction of sp³-hybridized carbons (Fsp3) is 0.174. The molecular weight excluding hydrogens is 352 g/mol. The van der Waals surface area contributed by atoms with E-state index in [1.165, 1.54) is 11.0 Å². The van der Waals surface area contributed by atoms with Crippen molar-refractivity contribution in [2.75, 3.05) is 19.6 Å². The van der Waals surface area contributed by atoms with E-state index in [-0.39, 0.29) is 23.3 Å². The molecule has 0 saturated carbocycles. The first-order valence-electron chi connectivity index (χ1n) is 9.12. The molecule has 0 atom stereocenters. The average molecular weight is 374 g/mol. The van der Waals surface area contributed by atoms with Crippen molar-refractivity contribution in [3.63, 3.8) is 0 Å². The Bertz CT molecular complexity index is 924. The smallest absolute Gasteiger partial charge is 0.261 e. The van der Waals surface area contributed by atoms with Gasteiger partial charge in [-0.1, -0.05) is 42.5 Å². The Morgan fingerprint density at radius 1 is 0.929 bits per heavy atom. The van der Waals surface area contributed by atoms with Crippen molar-refractivity contribution in [1.82, 2.24) is 9.80 Å². The number of nitrogens with zero attached hydrogens (tertiary/aromatic N) is 2. The molecule has 1 aliphatic heterocycles. The fourth-order valence-electron chi connectivity index (χ4n) is 3.25. The van der Waals surface area contributed by atoms with Crippen LogP contribution in [0.25, 0.3) is 0 Å². The van der Waals surface area contributed by atoms with Crippen LogP contribution < -0.4 is 0 Å². The predicted octanol–water partition coefficient (Wildman–Crippen LogP) is 3.34. The minimum absolute atomic E-state index is 0.231. The lowest BCUT2D eigenvalue weighted by Gasteiger charge is -2.19. The minimum atomic E-state index is -0.357. The maximum absolute atomic E-state index is 12.8. The lowest BCUT2D eigenvalue weighted by Crippen LogP contribution is -2.32. The zero-order valence-corrected chi connectivity index (χ0v) is 15.6. The molecule has 0 aliphatic carbocycles. The van der Waals surface area contributed by atoms with Crippen LogP contribution in [0.15, 0.2) is 73.8 Å². The Labute approximate surface area is 164 Å². The third-order valence-corrected chi connectivity index (χ3v) is 4.67. The van der Waals surface area contributed by atoms with Crippen LogP contribution in [0.5, 0.6) is 0 Å². The molecule has 5 heteroatoms. The van der Waals surface area contributed by atoms with Gasteiger partial charge in [-0.05, 0) is 30.2 Å². The highest BCUT2D eigenvalue weighted by atomic mass is 16.2. The lowest BCUT2D eigenvalue weighted by molar-refractivity contribution is 0.0655. The standard InChI is InChI=1S/C23H22N2O3/c1-3-13-24(14-4-2)21(26)18-10-11-19-20(16-18)23(28)25(22(19)27)15-12-17-8-6-5-7-9-17/h3-11,16H,1-2,12-15H2. The Kier molecular flexibility index (Phi) is 5.84. The van der Waals surface area contributed by atoms with Crippen molar-refractivity contribution in [3.05, 3.63) is 96.1 Å². The predicted molar refractivity (Wildman–Crippen MR) is 108 cm³/mol. The molecule has 2 aromatic carbocycles. The number of benzene rings is 2. The highest BCUT2D eigenvalue weighted by Crippen LogP contribution is 2.25. The Morgan fingerprint density at radius 3 is 2.21 bits per heavy atom. The van der Waals surface area contributed by atoms with Crippen molar-refractivity contribution in [2.45, 2.75) is 6.42 Å². The molecule has 5 nitrogen and oxygen atoms in total. The van der Waals surface area contributed by atoms with Gasteiger partial charge in [0.15, 0.2) is 0 Å². The number of fused-ring (bicyclic) bond motifs is 1. The lowest BCUT2D eigenvalue weighted by atomic mass is 10.0. The topological polar surface area (TPSA) is 57.7 Å². The summed E-state index contributed by atoms with van der Waals surface area (Å²) in [6.07, 6.45) is 3.86. The Hall–Kier alpha value is -3.47. The fourth-order valence-corrected chi connectivity index (χ4v) is 3.25. The van der Waals surface area contributed by atoms with Crippen LogP contribution in [0.4, 0.5) is 0 Å². The normalized spacial score (nSPS) is 12.6. The van der Waals surface area contributed by atoms with Crippen LogP contribution >= 0.6 is 0 Å². The number of hydrogen-bond donors (Lipinski definition) is 0. The van der Waals surface area contributed by atoms with Gasteiger partial charge in [0.2, 0.25) is 0 Å². The summed E-state index contributed by atoms with van der Waals surface area (Å²) >= 11 is 0. The molecule has 3 rings (SSSR count). The van der Waals surface area contributed by atoms with Gasteiger partial charge < -0.3 is 4.90 Å². The molecule has 0 radical (unpaired) electrons. The molecule has 1 heterocycles. The molecule has 0 bridgehead atoms. The van der Waals surface area contributed by atoms with Gasteiger partial charge >= 0.3 is 0 Å². The van der Waals surface area contributed by atoms with Gasteiger partial charge in [-0.2, -0.15) is 0 Å².